The Kier molecular flexibility index (Phi) is 12.5. The molecule has 0 radical (unpaired) electrons. The Morgan fingerprint density at radius 1 is 1.07 bits per heavy atom. The fourth-order valence-corrected chi connectivity index (χ4v) is 5.98. The summed E-state index contributed by atoms with van der Waals surface area (Å²) in [7, 11) is -2.27. The summed E-state index contributed by atoms with van der Waals surface area (Å²) < 4.78 is 49.8. The van der Waals surface area contributed by atoms with E-state index in [2.05, 4.69) is 5.32 Å². The van der Waals surface area contributed by atoms with Crippen LogP contribution < -0.4 is 19.5 Å². The molecule has 1 amide bonds. The number of amides is 1. The van der Waals surface area contributed by atoms with Gasteiger partial charge in [-0.15, -0.1) is 0 Å². The Morgan fingerprint density at radius 3 is 2.49 bits per heavy atom. The van der Waals surface area contributed by atoms with E-state index in [0.29, 0.717) is 30.5 Å². The van der Waals surface area contributed by atoms with Gasteiger partial charge in [0.1, 0.15) is 5.75 Å². The third-order valence-electron chi connectivity index (χ3n) is 6.45. The average molecular weight is 596 g/mol. The van der Waals surface area contributed by atoms with Crippen LogP contribution in [-0.2, 0) is 21.2 Å². The minimum atomic E-state index is -3.93. The summed E-state index contributed by atoms with van der Waals surface area (Å²) in [6.07, 6.45) is -0.420. The monoisotopic (exact) mass is 595 g/mol. The van der Waals surface area contributed by atoms with Crippen molar-refractivity contribution < 1.29 is 42.5 Å². The molecule has 0 fully saturated rings. The van der Waals surface area contributed by atoms with E-state index >= 15 is 0 Å². The summed E-state index contributed by atoms with van der Waals surface area (Å²) in [5.74, 6) is 1.52. The van der Waals surface area contributed by atoms with Gasteiger partial charge in [0.2, 0.25) is 16.8 Å². The number of hydrogen-bond donors (Lipinski definition) is 3. The van der Waals surface area contributed by atoms with Crippen molar-refractivity contribution in [3.8, 4) is 17.2 Å². The van der Waals surface area contributed by atoms with Crippen LogP contribution >= 0.6 is 0 Å². The van der Waals surface area contributed by atoms with E-state index in [1.54, 1.807) is 25.3 Å². The minimum Gasteiger partial charge on any atom is -0.494 e. The van der Waals surface area contributed by atoms with Crippen molar-refractivity contribution in [2.45, 2.75) is 44.0 Å². The maximum atomic E-state index is 13.6. The molecule has 0 aromatic heterocycles. The summed E-state index contributed by atoms with van der Waals surface area (Å²) in [6.45, 7) is 6.83. The molecule has 41 heavy (non-hydrogen) atoms. The summed E-state index contributed by atoms with van der Waals surface area (Å²) >= 11 is 0. The van der Waals surface area contributed by atoms with Crippen molar-refractivity contribution in [3.63, 3.8) is 0 Å². The first-order chi connectivity index (χ1) is 19.6. The van der Waals surface area contributed by atoms with Crippen LogP contribution in [0.15, 0.2) is 47.4 Å². The van der Waals surface area contributed by atoms with Crippen LogP contribution in [0.2, 0.25) is 0 Å². The first-order valence-corrected chi connectivity index (χ1v) is 15.1. The fourth-order valence-electron chi connectivity index (χ4n) is 4.34. The molecule has 2 aromatic carbocycles. The maximum absolute atomic E-state index is 13.6. The van der Waals surface area contributed by atoms with Gasteiger partial charge in [-0.2, -0.15) is 9.37 Å². The molecule has 1 aliphatic rings. The largest absolute Gasteiger partial charge is 0.494 e. The number of rotatable bonds is 18. The van der Waals surface area contributed by atoms with Crippen molar-refractivity contribution in [1.82, 2.24) is 14.7 Å². The lowest BCUT2D eigenvalue weighted by molar-refractivity contribution is -0.0984. The standard InChI is InChI=1S/C28H41N3O9S/c1-21(2)19-30(41(35,36)25-9-10-26-27(18-25)40-20-39-26)14-11-23(31(34)28(32)33)17-22-5-7-24(8-6-22)38-15-4-12-29-13-16-37-3/h5-10,18,21,23,29,34H,4,11-17,19-20H2,1-3H3,(H,32,33). The minimum absolute atomic E-state index is 0.00354. The predicted octanol–water partition coefficient (Wildman–Crippen LogP) is 3.44. The Hall–Kier alpha value is -3.10. The number of carbonyl (C=O) groups is 1. The van der Waals surface area contributed by atoms with Gasteiger partial charge < -0.3 is 29.4 Å². The van der Waals surface area contributed by atoms with Crippen LogP contribution in [-0.4, -0.2) is 93.5 Å². The van der Waals surface area contributed by atoms with Crippen molar-refractivity contribution >= 4 is 16.1 Å². The Bertz CT molecular complexity index is 1210. The number of nitrogens with one attached hydrogen (secondary N) is 1. The van der Waals surface area contributed by atoms with Crippen LogP contribution in [0.5, 0.6) is 17.2 Å². The molecule has 0 spiro atoms. The zero-order valence-corrected chi connectivity index (χ0v) is 24.6. The van der Waals surface area contributed by atoms with Gasteiger partial charge in [0.05, 0.1) is 24.2 Å². The molecule has 2 aromatic rings. The summed E-state index contributed by atoms with van der Waals surface area (Å²) in [5, 5.41) is 23.3. The fraction of sp³-hybridized carbons (Fsp3) is 0.536. The van der Waals surface area contributed by atoms with Gasteiger partial charge in [-0.3, -0.25) is 5.21 Å². The number of nitrogens with zero attached hydrogens (tertiary/aromatic N) is 2. The van der Waals surface area contributed by atoms with E-state index in [-0.39, 0.29) is 48.6 Å². The molecule has 0 saturated heterocycles. The number of methoxy groups -OCH3 is 1. The number of hydroxylamine groups is 2. The van der Waals surface area contributed by atoms with E-state index in [1.165, 1.54) is 16.4 Å². The third-order valence-corrected chi connectivity index (χ3v) is 8.31. The molecule has 0 bridgehead atoms. The molecular weight excluding hydrogens is 554 g/mol. The normalized spacial score (nSPS) is 13.5. The number of benzene rings is 2. The highest BCUT2D eigenvalue weighted by Gasteiger charge is 2.30. The smallest absolute Gasteiger partial charge is 0.431 e. The second-order valence-electron chi connectivity index (χ2n) is 10.1. The van der Waals surface area contributed by atoms with Gasteiger partial charge >= 0.3 is 6.09 Å². The van der Waals surface area contributed by atoms with Crippen molar-refractivity contribution in [3.05, 3.63) is 48.0 Å². The molecule has 0 aliphatic carbocycles. The highest BCUT2D eigenvalue weighted by atomic mass is 32.2. The number of hydrogen-bond acceptors (Lipinski definition) is 9. The molecule has 228 valence electrons. The lowest BCUT2D eigenvalue weighted by Gasteiger charge is -2.28. The molecule has 1 atom stereocenters. The van der Waals surface area contributed by atoms with Gasteiger partial charge in [0.25, 0.3) is 0 Å². The van der Waals surface area contributed by atoms with Crippen molar-refractivity contribution in [2.75, 3.05) is 53.3 Å². The summed E-state index contributed by atoms with van der Waals surface area (Å²) in [6, 6.07) is 10.8. The molecule has 3 N–H and O–H groups in total. The molecule has 1 unspecified atom stereocenters. The number of ether oxygens (including phenoxy) is 4. The first-order valence-electron chi connectivity index (χ1n) is 13.6. The van der Waals surface area contributed by atoms with E-state index in [4.69, 9.17) is 18.9 Å². The van der Waals surface area contributed by atoms with E-state index in [1.807, 2.05) is 26.0 Å². The maximum Gasteiger partial charge on any atom is 0.431 e. The SMILES string of the molecule is COCCNCCCOc1ccc(CC(CCN(CC(C)C)S(=O)(=O)c2ccc3c(c2)OCO3)N(O)C(=O)O)cc1. The molecule has 13 heteroatoms. The van der Waals surface area contributed by atoms with Gasteiger partial charge in [-0.05, 0) is 61.6 Å². The van der Waals surface area contributed by atoms with Crippen molar-refractivity contribution in [2.24, 2.45) is 5.92 Å². The van der Waals surface area contributed by atoms with E-state index < -0.39 is 22.2 Å². The summed E-state index contributed by atoms with van der Waals surface area (Å²) in [4.78, 5) is 11.7. The molecule has 1 aliphatic heterocycles. The highest BCUT2D eigenvalue weighted by Crippen LogP contribution is 2.35. The Labute approximate surface area is 241 Å². The Morgan fingerprint density at radius 2 is 1.80 bits per heavy atom. The van der Waals surface area contributed by atoms with Crippen LogP contribution in [0.1, 0.15) is 32.3 Å². The third kappa shape index (κ3) is 9.75. The zero-order valence-electron chi connectivity index (χ0n) is 23.8. The van der Waals surface area contributed by atoms with E-state index in [0.717, 1.165) is 25.1 Å². The lowest BCUT2D eigenvalue weighted by Crippen LogP contribution is -2.42. The topological polar surface area (TPSA) is 147 Å². The second-order valence-corrected chi connectivity index (χ2v) is 12.1. The molecule has 1 heterocycles. The quantitative estimate of drug-likeness (QED) is 0.133. The van der Waals surface area contributed by atoms with Crippen LogP contribution in [0, 0.1) is 5.92 Å². The van der Waals surface area contributed by atoms with Crippen LogP contribution in [0.4, 0.5) is 4.79 Å². The highest BCUT2D eigenvalue weighted by molar-refractivity contribution is 7.89. The number of fused-ring (bicyclic) bond motifs is 1. The lowest BCUT2D eigenvalue weighted by atomic mass is 10.0. The first kappa shape index (κ1) is 32.4. The van der Waals surface area contributed by atoms with Crippen molar-refractivity contribution in [1.29, 1.82) is 0 Å². The molecule has 0 saturated carbocycles. The molecular formula is C28H41N3O9S. The molecule has 3 rings (SSSR count). The predicted molar refractivity (Wildman–Crippen MR) is 151 cm³/mol. The number of sulfonamides is 1. The van der Waals surface area contributed by atoms with E-state index in [9.17, 15) is 23.5 Å². The van der Waals surface area contributed by atoms with Gasteiger partial charge in [-0.25, -0.2) is 13.2 Å². The molecule has 12 nitrogen and oxygen atoms in total. The van der Waals surface area contributed by atoms with Gasteiger partial charge in [0.15, 0.2) is 11.5 Å². The van der Waals surface area contributed by atoms with Crippen LogP contribution in [0.25, 0.3) is 0 Å². The van der Waals surface area contributed by atoms with Gasteiger partial charge in [-0.1, -0.05) is 26.0 Å². The summed E-state index contributed by atoms with van der Waals surface area (Å²) in [5.41, 5.74) is 0.776. The average Bonchev–Trinajstić information content (AvgIpc) is 3.42. The van der Waals surface area contributed by atoms with Crippen LogP contribution in [0.3, 0.4) is 0 Å². The number of carboxylic acid groups (broad SMARTS) is 1. The zero-order chi connectivity index (χ0) is 29.8. The Balaban J connectivity index is 1.64. The second kappa shape index (κ2) is 15.8. The van der Waals surface area contributed by atoms with Gasteiger partial charge in [0, 0.05) is 32.8 Å².